The maximum absolute atomic E-state index is 12.6. The van der Waals surface area contributed by atoms with E-state index in [1.807, 2.05) is 29.2 Å². The summed E-state index contributed by atoms with van der Waals surface area (Å²) >= 11 is 1.55. The van der Waals surface area contributed by atoms with E-state index in [0.29, 0.717) is 11.8 Å². The van der Waals surface area contributed by atoms with E-state index >= 15 is 0 Å². The molecule has 2 heterocycles. The summed E-state index contributed by atoms with van der Waals surface area (Å²) in [6.07, 6.45) is 2.00. The van der Waals surface area contributed by atoms with Gasteiger partial charge in [0.15, 0.2) is 0 Å². The second-order valence-corrected chi connectivity index (χ2v) is 7.33. The Balaban J connectivity index is 1.65. The number of nitrogens with zero attached hydrogens (tertiary/aromatic N) is 3. The highest BCUT2D eigenvalue weighted by Crippen LogP contribution is 2.34. The number of thioether (sulfide) groups is 1. The molecule has 3 rings (SSSR count). The van der Waals surface area contributed by atoms with Crippen molar-refractivity contribution >= 4 is 29.3 Å². The standard InChI is InChI=1S/C17H23N3O2S/c1-18(2)13-7-9-19(10-8-13)16(21)11-20-14-5-3-4-6-15(14)23-12-17(20)22/h3-6,13H,7-12H2,1-2H3. The summed E-state index contributed by atoms with van der Waals surface area (Å²) in [6, 6.07) is 8.36. The van der Waals surface area contributed by atoms with Crippen molar-refractivity contribution in [2.45, 2.75) is 23.8 Å². The third-order valence-electron chi connectivity index (χ3n) is 4.65. The summed E-state index contributed by atoms with van der Waals surface area (Å²) in [6.45, 7) is 1.71. The lowest BCUT2D eigenvalue weighted by atomic mass is 10.0. The molecule has 0 spiro atoms. The van der Waals surface area contributed by atoms with Gasteiger partial charge in [-0.1, -0.05) is 12.1 Å². The first-order valence-corrected chi connectivity index (χ1v) is 9.01. The fourth-order valence-corrected chi connectivity index (χ4v) is 4.13. The minimum Gasteiger partial charge on any atom is -0.341 e. The quantitative estimate of drug-likeness (QED) is 0.844. The van der Waals surface area contributed by atoms with E-state index < -0.39 is 0 Å². The predicted octanol–water partition coefficient (Wildman–Crippen LogP) is 1.68. The first kappa shape index (κ1) is 16.3. The molecule has 5 nitrogen and oxygen atoms in total. The van der Waals surface area contributed by atoms with Gasteiger partial charge in [0.1, 0.15) is 6.54 Å². The van der Waals surface area contributed by atoms with Crippen LogP contribution in [-0.2, 0) is 9.59 Å². The summed E-state index contributed by atoms with van der Waals surface area (Å²) in [5, 5.41) is 0. The molecule has 2 amide bonds. The molecular weight excluding hydrogens is 310 g/mol. The van der Waals surface area contributed by atoms with Gasteiger partial charge in [-0.3, -0.25) is 9.59 Å². The monoisotopic (exact) mass is 333 g/mol. The van der Waals surface area contributed by atoms with E-state index in [1.54, 1.807) is 16.7 Å². The van der Waals surface area contributed by atoms with Crippen LogP contribution in [0.2, 0.25) is 0 Å². The van der Waals surface area contributed by atoms with Crippen LogP contribution in [0.15, 0.2) is 29.2 Å². The first-order valence-electron chi connectivity index (χ1n) is 8.02. The molecule has 0 bridgehead atoms. The molecule has 1 saturated heterocycles. The van der Waals surface area contributed by atoms with E-state index in [9.17, 15) is 9.59 Å². The SMILES string of the molecule is CN(C)C1CCN(C(=O)CN2C(=O)CSc3ccccc32)CC1. The first-order chi connectivity index (χ1) is 11.1. The van der Waals surface area contributed by atoms with Crippen molar-refractivity contribution in [1.29, 1.82) is 0 Å². The van der Waals surface area contributed by atoms with Gasteiger partial charge in [-0.2, -0.15) is 0 Å². The number of carbonyl (C=O) groups excluding carboxylic acids is 2. The fourth-order valence-electron chi connectivity index (χ4n) is 3.19. The van der Waals surface area contributed by atoms with Crippen LogP contribution in [-0.4, -0.2) is 67.1 Å². The predicted molar refractivity (Wildman–Crippen MR) is 92.8 cm³/mol. The van der Waals surface area contributed by atoms with Crippen molar-refractivity contribution in [3.63, 3.8) is 0 Å². The van der Waals surface area contributed by atoms with Gasteiger partial charge < -0.3 is 14.7 Å². The molecule has 0 saturated carbocycles. The van der Waals surface area contributed by atoms with E-state index in [2.05, 4.69) is 19.0 Å². The molecule has 1 aromatic carbocycles. The van der Waals surface area contributed by atoms with Crippen molar-refractivity contribution in [2.24, 2.45) is 0 Å². The number of hydrogen-bond donors (Lipinski definition) is 0. The molecule has 23 heavy (non-hydrogen) atoms. The van der Waals surface area contributed by atoms with Crippen LogP contribution in [0.25, 0.3) is 0 Å². The molecule has 0 radical (unpaired) electrons. The zero-order chi connectivity index (χ0) is 16.4. The Hall–Kier alpha value is -1.53. The number of piperidine rings is 1. The molecule has 0 N–H and O–H groups in total. The number of rotatable bonds is 3. The Morgan fingerprint density at radius 3 is 2.65 bits per heavy atom. The summed E-state index contributed by atoms with van der Waals surface area (Å²) in [5.74, 6) is 0.481. The summed E-state index contributed by atoms with van der Waals surface area (Å²) in [4.78, 5) is 31.7. The number of para-hydroxylation sites is 1. The van der Waals surface area contributed by atoms with Gasteiger partial charge in [-0.05, 0) is 39.1 Å². The van der Waals surface area contributed by atoms with Gasteiger partial charge in [0.25, 0.3) is 0 Å². The molecule has 1 aromatic rings. The highest BCUT2D eigenvalue weighted by molar-refractivity contribution is 8.00. The molecule has 2 aliphatic heterocycles. The fraction of sp³-hybridized carbons (Fsp3) is 0.529. The van der Waals surface area contributed by atoms with E-state index in [-0.39, 0.29) is 18.4 Å². The lowest BCUT2D eigenvalue weighted by molar-refractivity contribution is -0.132. The Kier molecular flexibility index (Phi) is 4.92. The summed E-state index contributed by atoms with van der Waals surface area (Å²) in [7, 11) is 4.17. The summed E-state index contributed by atoms with van der Waals surface area (Å²) < 4.78 is 0. The van der Waals surface area contributed by atoms with Gasteiger partial charge >= 0.3 is 0 Å². The maximum atomic E-state index is 12.6. The number of fused-ring (bicyclic) bond motifs is 1. The Morgan fingerprint density at radius 2 is 1.96 bits per heavy atom. The Morgan fingerprint density at radius 1 is 1.26 bits per heavy atom. The molecule has 1 fully saturated rings. The second-order valence-electron chi connectivity index (χ2n) is 6.31. The topological polar surface area (TPSA) is 43.9 Å². The highest BCUT2D eigenvalue weighted by atomic mass is 32.2. The van der Waals surface area contributed by atoms with E-state index in [1.165, 1.54) is 0 Å². The van der Waals surface area contributed by atoms with Crippen LogP contribution < -0.4 is 4.90 Å². The highest BCUT2D eigenvalue weighted by Gasteiger charge is 2.29. The smallest absolute Gasteiger partial charge is 0.242 e. The van der Waals surface area contributed by atoms with Crippen LogP contribution in [0.5, 0.6) is 0 Å². The lowest BCUT2D eigenvalue weighted by Gasteiger charge is -2.36. The molecule has 0 aliphatic carbocycles. The lowest BCUT2D eigenvalue weighted by Crippen LogP contribution is -2.49. The van der Waals surface area contributed by atoms with Gasteiger partial charge in [-0.15, -0.1) is 11.8 Å². The normalized spacial score (nSPS) is 19.2. The third kappa shape index (κ3) is 3.53. The van der Waals surface area contributed by atoms with E-state index in [0.717, 1.165) is 36.5 Å². The summed E-state index contributed by atoms with van der Waals surface area (Å²) in [5.41, 5.74) is 0.866. The van der Waals surface area contributed by atoms with Crippen molar-refractivity contribution in [3.8, 4) is 0 Å². The van der Waals surface area contributed by atoms with Gasteiger partial charge in [0, 0.05) is 24.0 Å². The van der Waals surface area contributed by atoms with Crippen LogP contribution in [0.3, 0.4) is 0 Å². The average molecular weight is 333 g/mol. The zero-order valence-corrected chi connectivity index (χ0v) is 14.5. The van der Waals surface area contributed by atoms with Crippen LogP contribution in [0, 0.1) is 0 Å². The van der Waals surface area contributed by atoms with Crippen LogP contribution in [0.4, 0.5) is 5.69 Å². The van der Waals surface area contributed by atoms with Crippen molar-refractivity contribution < 1.29 is 9.59 Å². The minimum absolute atomic E-state index is 0.0187. The Labute approximate surface area is 141 Å². The molecule has 6 heteroatoms. The number of benzene rings is 1. The maximum Gasteiger partial charge on any atom is 0.242 e. The number of likely N-dealkylation sites (tertiary alicyclic amines) is 1. The van der Waals surface area contributed by atoms with Crippen LogP contribution in [0.1, 0.15) is 12.8 Å². The number of hydrogen-bond acceptors (Lipinski definition) is 4. The zero-order valence-electron chi connectivity index (χ0n) is 13.7. The second kappa shape index (κ2) is 6.93. The molecule has 0 atom stereocenters. The van der Waals surface area contributed by atoms with Crippen molar-refractivity contribution in [2.75, 3.05) is 44.4 Å². The molecular formula is C17H23N3O2S. The van der Waals surface area contributed by atoms with Crippen molar-refractivity contribution in [1.82, 2.24) is 9.80 Å². The van der Waals surface area contributed by atoms with Crippen LogP contribution >= 0.6 is 11.8 Å². The van der Waals surface area contributed by atoms with E-state index in [4.69, 9.17) is 0 Å². The minimum atomic E-state index is 0.0187. The number of anilines is 1. The van der Waals surface area contributed by atoms with Crippen molar-refractivity contribution in [3.05, 3.63) is 24.3 Å². The number of amides is 2. The third-order valence-corrected chi connectivity index (χ3v) is 5.70. The molecule has 0 aromatic heterocycles. The van der Waals surface area contributed by atoms with Gasteiger partial charge in [0.05, 0.1) is 11.4 Å². The molecule has 0 unspecified atom stereocenters. The number of carbonyl (C=O) groups is 2. The largest absolute Gasteiger partial charge is 0.341 e. The Bertz CT molecular complexity index is 597. The molecule has 124 valence electrons. The molecule has 2 aliphatic rings. The van der Waals surface area contributed by atoms with Gasteiger partial charge in [0.2, 0.25) is 11.8 Å². The van der Waals surface area contributed by atoms with Gasteiger partial charge in [-0.25, -0.2) is 0 Å². The average Bonchev–Trinajstić information content (AvgIpc) is 2.57.